The summed E-state index contributed by atoms with van der Waals surface area (Å²) in [5, 5.41) is 9.46. The maximum Gasteiger partial charge on any atom is 0.320 e. The van der Waals surface area contributed by atoms with E-state index in [0.717, 1.165) is 5.56 Å². The van der Waals surface area contributed by atoms with Gasteiger partial charge in [-0.05, 0) is 17.7 Å². The Labute approximate surface area is 134 Å². The highest BCUT2D eigenvalue weighted by molar-refractivity contribution is 6.30. The number of amides is 2. The molecule has 1 N–H and O–H groups in total. The van der Waals surface area contributed by atoms with Gasteiger partial charge in [0, 0.05) is 31.2 Å². The van der Waals surface area contributed by atoms with Gasteiger partial charge < -0.3 is 19.6 Å². The van der Waals surface area contributed by atoms with Crippen LogP contribution in [0.4, 0.5) is 4.79 Å². The predicted molar refractivity (Wildman–Crippen MR) is 81.9 cm³/mol. The highest BCUT2D eigenvalue weighted by atomic mass is 35.5. The molecular formula is C15H19ClN2O4. The molecule has 0 aromatic heterocycles. The topological polar surface area (TPSA) is 70.1 Å². The van der Waals surface area contributed by atoms with Gasteiger partial charge in [0.25, 0.3) is 0 Å². The van der Waals surface area contributed by atoms with E-state index in [1.807, 2.05) is 12.1 Å². The molecule has 1 heterocycles. The summed E-state index contributed by atoms with van der Waals surface area (Å²) in [6.07, 6.45) is -0.0867. The Morgan fingerprint density at radius 3 is 2.68 bits per heavy atom. The molecule has 1 saturated heterocycles. The van der Waals surface area contributed by atoms with E-state index in [1.165, 1.54) is 0 Å². The number of nitrogens with zero attached hydrogens (tertiary/aromatic N) is 2. The van der Waals surface area contributed by atoms with Gasteiger partial charge in [0.05, 0.1) is 19.6 Å². The number of halogens is 1. The Balaban J connectivity index is 2.07. The van der Waals surface area contributed by atoms with Crippen LogP contribution in [-0.2, 0) is 16.1 Å². The van der Waals surface area contributed by atoms with Crippen molar-refractivity contribution in [1.82, 2.24) is 9.80 Å². The van der Waals surface area contributed by atoms with E-state index in [2.05, 4.69) is 0 Å². The number of carboxylic acid groups (broad SMARTS) is 1. The summed E-state index contributed by atoms with van der Waals surface area (Å²) in [7, 11) is 0. The fraction of sp³-hybridized carbons (Fsp3) is 0.467. The molecule has 1 aliphatic heterocycles. The maximum absolute atomic E-state index is 12.6. The fourth-order valence-corrected chi connectivity index (χ4v) is 2.50. The number of carbonyl (C=O) groups excluding carboxylic acids is 1. The van der Waals surface area contributed by atoms with Crippen molar-refractivity contribution in [2.24, 2.45) is 0 Å². The van der Waals surface area contributed by atoms with Crippen molar-refractivity contribution in [3.8, 4) is 0 Å². The number of ether oxygens (including phenoxy) is 1. The lowest BCUT2D eigenvalue weighted by molar-refractivity contribution is -0.137. The van der Waals surface area contributed by atoms with Crippen molar-refractivity contribution < 1.29 is 19.4 Å². The van der Waals surface area contributed by atoms with E-state index in [-0.39, 0.29) is 19.0 Å². The molecule has 1 fully saturated rings. The lowest BCUT2D eigenvalue weighted by Crippen LogP contribution is -2.48. The second-order valence-electron chi connectivity index (χ2n) is 5.08. The first-order valence-electron chi connectivity index (χ1n) is 7.14. The molecular weight excluding hydrogens is 308 g/mol. The van der Waals surface area contributed by atoms with Gasteiger partial charge >= 0.3 is 12.0 Å². The molecule has 0 spiro atoms. The highest BCUT2D eigenvalue weighted by Crippen LogP contribution is 2.14. The molecule has 0 atom stereocenters. The minimum atomic E-state index is -0.925. The summed E-state index contributed by atoms with van der Waals surface area (Å²) in [4.78, 5) is 26.6. The summed E-state index contributed by atoms with van der Waals surface area (Å²) >= 11 is 5.96. The van der Waals surface area contributed by atoms with Crippen molar-refractivity contribution >= 4 is 23.6 Å². The Morgan fingerprint density at radius 1 is 1.32 bits per heavy atom. The molecule has 1 aromatic carbocycles. The van der Waals surface area contributed by atoms with Crippen molar-refractivity contribution in [2.75, 3.05) is 32.8 Å². The van der Waals surface area contributed by atoms with E-state index in [9.17, 15) is 9.59 Å². The lowest BCUT2D eigenvalue weighted by atomic mass is 10.2. The number of urea groups is 1. The van der Waals surface area contributed by atoms with Gasteiger partial charge in [0.2, 0.25) is 0 Å². The van der Waals surface area contributed by atoms with Crippen LogP contribution in [0.2, 0.25) is 5.02 Å². The Bertz CT molecular complexity index is 532. The van der Waals surface area contributed by atoms with Gasteiger partial charge in [-0.2, -0.15) is 0 Å². The van der Waals surface area contributed by atoms with Crippen LogP contribution in [-0.4, -0.2) is 59.8 Å². The molecule has 2 amide bonds. The quantitative estimate of drug-likeness (QED) is 0.899. The summed E-state index contributed by atoms with van der Waals surface area (Å²) in [5.74, 6) is -0.925. The molecule has 0 saturated carbocycles. The van der Waals surface area contributed by atoms with Crippen LogP contribution in [0.3, 0.4) is 0 Å². The number of rotatable bonds is 5. The van der Waals surface area contributed by atoms with E-state index >= 15 is 0 Å². The van der Waals surface area contributed by atoms with Gasteiger partial charge in [-0.1, -0.05) is 23.7 Å². The van der Waals surface area contributed by atoms with Crippen LogP contribution < -0.4 is 0 Å². The first-order valence-corrected chi connectivity index (χ1v) is 7.52. The van der Waals surface area contributed by atoms with E-state index in [1.54, 1.807) is 21.9 Å². The van der Waals surface area contributed by atoms with Crippen LogP contribution in [0, 0.1) is 0 Å². The van der Waals surface area contributed by atoms with E-state index in [0.29, 0.717) is 37.9 Å². The van der Waals surface area contributed by atoms with Gasteiger partial charge in [0.1, 0.15) is 0 Å². The Kier molecular flexibility index (Phi) is 6.03. The average Bonchev–Trinajstić information content (AvgIpc) is 2.51. The van der Waals surface area contributed by atoms with Crippen molar-refractivity contribution in [1.29, 1.82) is 0 Å². The van der Waals surface area contributed by atoms with Gasteiger partial charge in [-0.3, -0.25) is 4.79 Å². The minimum Gasteiger partial charge on any atom is -0.481 e. The monoisotopic (exact) mass is 326 g/mol. The average molecular weight is 327 g/mol. The Hall–Kier alpha value is -1.79. The van der Waals surface area contributed by atoms with Gasteiger partial charge in [-0.15, -0.1) is 0 Å². The zero-order valence-corrected chi connectivity index (χ0v) is 13.0. The van der Waals surface area contributed by atoms with Gasteiger partial charge in [0.15, 0.2) is 0 Å². The molecule has 6 nitrogen and oxygen atoms in total. The Morgan fingerprint density at radius 2 is 2.05 bits per heavy atom. The molecule has 0 radical (unpaired) electrons. The smallest absolute Gasteiger partial charge is 0.320 e. The number of benzene rings is 1. The summed E-state index contributed by atoms with van der Waals surface area (Å²) in [5.41, 5.74) is 0.875. The fourth-order valence-electron chi connectivity index (χ4n) is 2.28. The summed E-state index contributed by atoms with van der Waals surface area (Å²) < 4.78 is 5.24. The molecule has 1 aromatic rings. The van der Waals surface area contributed by atoms with Crippen molar-refractivity contribution in [2.45, 2.75) is 13.0 Å². The molecule has 120 valence electrons. The van der Waals surface area contributed by atoms with Gasteiger partial charge in [-0.25, -0.2) is 4.79 Å². The number of hydrogen-bond donors (Lipinski definition) is 1. The van der Waals surface area contributed by atoms with E-state index < -0.39 is 5.97 Å². The molecule has 7 heteroatoms. The minimum absolute atomic E-state index is 0.0867. The van der Waals surface area contributed by atoms with Crippen LogP contribution >= 0.6 is 11.6 Å². The van der Waals surface area contributed by atoms with E-state index in [4.69, 9.17) is 21.4 Å². The third kappa shape index (κ3) is 4.89. The third-order valence-corrected chi connectivity index (χ3v) is 3.65. The largest absolute Gasteiger partial charge is 0.481 e. The number of morpholine rings is 1. The molecule has 0 bridgehead atoms. The number of aliphatic carboxylic acids is 1. The molecule has 0 unspecified atom stereocenters. The van der Waals surface area contributed by atoms with Crippen LogP contribution in [0.5, 0.6) is 0 Å². The molecule has 2 rings (SSSR count). The maximum atomic E-state index is 12.6. The first-order chi connectivity index (χ1) is 10.6. The summed E-state index contributed by atoms with van der Waals surface area (Å²) in [6.45, 7) is 2.57. The number of hydrogen-bond acceptors (Lipinski definition) is 3. The van der Waals surface area contributed by atoms with Crippen LogP contribution in [0.1, 0.15) is 12.0 Å². The van der Waals surface area contributed by atoms with Crippen LogP contribution in [0.25, 0.3) is 0 Å². The molecule has 22 heavy (non-hydrogen) atoms. The first kappa shape index (κ1) is 16.6. The number of carboxylic acids is 1. The zero-order valence-electron chi connectivity index (χ0n) is 12.2. The number of carbonyl (C=O) groups is 2. The standard InChI is InChI=1S/C15H19ClN2O4/c16-13-3-1-2-12(10-13)11-18(5-4-14(19)20)15(21)17-6-8-22-9-7-17/h1-3,10H,4-9,11H2,(H,19,20). The van der Waals surface area contributed by atoms with Crippen LogP contribution in [0.15, 0.2) is 24.3 Å². The summed E-state index contributed by atoms with van der Waals surface area (Å²) in [6, 6.07) is 7.06. The second kappa shape index (κ2) is 8.00. The second-order valence-corrected chi connectivity index (χ2v) is 5.51. The molecule has 1 aliphatic rings. The normalized spacial score (nSPS) is 14.7. The lowest BCUT2D eigenvalue weighted by Gasteiger charge is -2.33. The predicted octanol–water partition coefficient (Wildman–Crippen LogP) is 2.07. The third-order valence-electron chi connectivity index (χ3n) is 3.41. The highest BCUT2D eigenvalue weighted by Gasteiger charge is 2.23. The zero-order chi connectivity index (χ0) is 15.9. The van der Waals surface area contributed by atoms with Crippen molar-refractivity contribution in [3.63, 3.8) is 0 Å². The SMILES string of the molecule is O=C(O)CCN(Cc1cccc(Cl)c1)C(=O)N1CCOCC1. The van der Waals surface area contributed by atoms with Crippen molar-refractivity contribution in [3.05, 3.63) is 34.9 Å². The molecule has 0 aliphatic carbocycles.